The van der Waals surface area contributed by atoms with Gasteiger partial charge in [0.2, 0.25) is 0 Å². The molecular formula is C15H11ClFNO2S. The summed E-state index contributed by atoms with van der Waals surface area (Å²) in [7, 11) is 0. The summed E-state index contributed by atoms with van der Waals surface area (Å²) in [5, 5.41) is 11.5. The van der Waals surface area contributed by atoms with Crippen molar-refractivity contribution in [3.63, 3.8) is 0 Å². The first kappa shape index (κ1) is 15.5. The fraction of sp³-hybridized carbons (Fsp3) is 0.133. The smallest absolute Gasteiger partial charge is 0.265 e. The van der Waals surface area contributed by atoms with Crippen molar-refractivity contribution in [2.24, 2.45) is 0 Å². The first-order valence-corrected chi connectivity index (χ1v) is 7.25. The highest BCUT2D eigenvalue weighted by Gasteiger charge is 2.11. The maximum Gasteiger partial charge on any atom is 0.265 e. The lowest BCUT2D eigenvalue weighted by molar-refractivity contribution is 0.103. The second-order valence-corrected chi connectivity index (χ2v) is 5.54. The van der Waals surface area contributed by atoms with Crippen molar-refractivity contribution in [3.8, 4) is 11.8 Å². The summed E-state index contributed by atoms with van der Waals surface area (Å²) in [6.07, 6.45) is 0.382. The van der Waals surface area contributed by atoms with Crippen LogP contribution in [0, 0.1) is 17.7 Å². The predicted octanol–water partition coefficient (Wildman–Crippen LogP) is 3.53. The number of thiophene rings is 1. The van der Waals surface area contributed by atoms with E-state index in [-0.39, 0.29) is 12.3 Å². The lowest BCUT2D eigenvalue weighted by Gasteiger charge is -2.05. The maximum atomic E-state index is 13.5. The Balaban J connectivity index is 2.11. The van der Waals surface area contributed by atoms with Crippen LogP contribution >= 0.6 is 22.9 Å². The van der Waals surface area contributed by atoms with E-state index in [1.54, 1.807) is 12.1 Å². The first-order chi connectivity index (χ1) is 10.1. The molecule has 108 valence electrons. The van der Waals surface area contributed by atoms with Gasteiger partial charge in [0.1, 0.15) is 5.82 Å². The molecule has 0 saturated heterocycles. The Morgan fingerprint density at radius 2 is 2.19 bits per heavy atom. The third-order valence-corrected chi connectivity index (χ3v) is 3.69. The number of aliphatic hydroxyl groups excluding tert-OH is 1. The highest BCUT2D eigenvalue weighted by atomic mass is 35.5. The molecule has 3 nitrogen and oxygen atoms in total. The molecule has 0 spiro atoms. The van der Waals surface area contributed by atoms with Crippen LogP contribution in [0.3, 0.4) is 0 Å². The number of nitrogens with one attached hydrogen (secondary N) is 1. The van der Waals surface area contributed by atoms with E-state index in [1.165, 1.54) is 29.5 Å². The van der Waals surface area contributed by atoms with Gasteiger partial charge in [0.05, 0.1) is 22.0 Å². The average Bonchev–Trinajstić information content (AvgIpc) is 2.92. The van der Waals surface area contributed by atoms with Crippen LogP contribution in [0.2, 0.25) is 5.02 Å². The molecule has 0 atom stereocenters. The van der Waals surface area contributed by atoms with Crippen LogP contribution in [0.25, 0.3) is 0 Å². The fourth-order valence-corrected chi connectivity index (χ4v) is 2.46. The van der Waals surface area contributed by atoms with E-state index in [2.05, 4.69) is 17.2 Å². The molecule has 0 saturated carbocycles. The van der Waals surface area contributed by atoms with E-state index in [0.29, 0.717) is 21.2 Å². The molecule has 2 aromatic rings. The van der Waals surface area contributed by atoms with Crippen molar-refractivity contribution >= 4 is 34.5 Å². The number of amides is 1. The predicted molar refractivity (Wildman–Crippen MR) is 82.3 cm³/mol. The Kier molecular flexibility index (Phi) is 5.34. The van der Waals surface area contributed by atoms with Gasteiger partial charge < -0.3 is 10.4 Å². The van der Waals surface area contributed by atoms with Gasteiger partial charge in [-0.05, 0) is 30.3 Å². The van der Waals surface area contributed by atoms with Gasteiger partial charge in [0, 0.05) is 11.4 Å². The summed E-state index contributed by atoms with van der Waals surface area (Å²) in [6, 6.07) is 7.28. The minimum atomic E-state index is -0.549. The highest BCUT2D eigenvalue weighted by molar-refractivity contribution is 7.14. The van der Waals surface area contributed by atoms with Crippen molar-refractivity contribution in [3.05, 3.63) is 50.9 Å². The van der Waals surface area contributed by atoms with Crippen LogP contribution in [-0.2, 0) is 0 Å². The van der Waals surface area contributed by atoms with Gasteiger partial charge in [-0.3, -0.25) is 4.79 Å². The fourth-order valence-electron chi connectivity index (χ4n) is 1.51. The molecule has 0 aliphatic rings. The van der Waals surface area contributed by atoms with E-state index in [1.807, 2.05) is 0 Å². The number of aliphatic hydroxyl groups is 1. The summed E-state index contributed by atoms with van der Waals surface area (Å²) in [5.41, 5.74) is 0.0359. The van der Waals surface area contributed by atoms with Crippen LogP contribution in [-0.4, -0.2) is 17.6 Å². The minimum absolute atomic E-state index is 0.000236. The average molecular weight is 324 g/mol. The molecular weight excluding hydrogens is 313 g/mol. The number of hydrogen-bond acceptors (Lipinski definition) is 3. The largest absolute Gasteiger partial charge is 0.395 e. The van der Waals surface area contributed by atoms with Crippen molar-refractivity contribution in [1.29, 1.82) is 0 Å². The standard InChI is InChI=1S/C15H11ClFNO2S/c16-10-4-6-12(17)13(9-10)18-15(20)14-7-5-11(21-14)3-1-2-8-19/h4-7,9,19H,2,8H2,(H,18,20). The molecule has 1 heterocycles. The van der Waals surface area contributed by atoms with Gasteiger partial charge >= 0.3 is 0 Å². The Hall–Kier alpha value is -1.87. The molecule has 1 aromatic carbocycles. The van der Waals surface area contributed by atoms with Gasteiger partial charge in [-0.1, -0.05) is 23.4 Å². The number of benzene rings is 1. The van der Waals surface area contributed by atoms with Crippen molar-refractivity contribution in [2.45, 2.75) is 6.42 Å². The maximum absolute atomic E-state index is 13.5. The second-order valence-electron chi connectivity index (χ2n) is 4.02. The van der Waals surface area contributed by atoms with E-state index < -0.39 is 11.7 Å². The first-order valence-electron chi connectivity index (χ1n) is 6.06. The molecule has 0 bridgehead atoms. The molecule has 0 aliphatic heterocycles. The molecule has 0 unspecified atom stereocenters. The zero-order chi connectivity index (χ0) is 15.2. The lowest BCUT2D eigenvalue weighted by atomic mass is 10.3. The molecule has 1 aromatic heterocycles. The molecule has 0 aliphatic carbocycles. The molecule has 0 radical (unpaired) electrons. The van der Waals surface area contributed by atoms with Crippen LogP contribution in [0.4, 0.5) is 10.1 Å². The van der Waals surface area contributed by atoms with Gasteiger partial charge in [-0.25, -0.2) is 4.39 Å². The minimum Gasteiger partial charge on any atom is -0.395 e. The SMILES string of the molecule is O=C(Nc1cc(Cl)ccc1F)c1ccc(C#CCCO)s1. The summed E-state index contributed by atoms with van der Waals surface area (Å²) in [6.45, 7) is -0.000236. The van der Waals surface area contributed by atoms with Crippen LogP contribution in [0.1, 0.15) is 21.0 Å². The highest BCUT2D eigenvalue weighted by Crippen LogP contribution is 2.22. The topological polar surface area (TPSA) is 49.3 Å². The third kappa shape index (κ3) is 4.30. The molecule has 1 amide bonds. The van der Waals surface area contributed by atoms with E-state index >= 15 is 0 Å². The normalized spacial score (nSPS) is 9.86. The van der Waals surface area contributed by atoms with Gasteiger partial charge in [-0.2, -0.15) is 0 Å². The van der Waals surface area contributed by atoms with Crippen LogP contribution < -0.4 is 5.32 Å². The van der Waals surface area contributed by atoms with Gasteiger partial charge in [0.25, 0.3) is 5.91 Å². The van der Waals surface area contributed by atoms with Crippen molar-refractivity contribution in [2.75, 3.05) is 11.9 Å². The van der Waals surface area contributed by atoms with Crippen molar-refractivity contribution < 1.29 is 14.3 Å². The molecule has 21 heavy (non-hydrogen) atoms. The quantitative estimate of drug-likeness (QED) is 0.849. The molecule has 2 rings (SSSR count). The monoisotopic (exact) mass is 323 g/mol. The van der Waals surface area contributed by atoms with Gasteiger partial charge in [0.15, 0.2) is 0 Å². The number of anilines is 1. The summed E-state index contributed by atoms with van der Waals surface area (Å²) < 4.78 is 13.5. The molecule has 0 fully saturated rings. The lowest BCUT2D eigenvalue weighted by Crippen LogP contribution is -2.11. The van der Waals surface area contributed by atoms with Crippen molar-refractivity contribution in [1.82, 2.24) is 0 Å². The van der Waals surface area contributed by atoms with E-state index in [9.17, 15) is 9.18 Å². The zero-order valence-electron chi connectivity index (χ0n) is 10.8. The Bertz CT molecular complexity index is 718. The number of hydrogen-bond donors (Lipinski definition) is 2. The van der Waals surface area contributed by atoms with Crippen LogP contribution in [0.15, 0.2) is 30.3 Å². The Morgan fingerprint density at radius 3 is 2.95 bits per heavy atom. The van der Waals surface area contributed by atoms with E-state index in [0.717, 1.165) is 0 Å². The number of carbonyl (C=O) groups is 1. The second kappa shape index (κ2) is 7.23. The summed E-state index contributed by atoms with van der Waals surface area (Å²) >= 11 is 6.97. The Labute approximate surface area is 130 Å². The Morgan fingerprint density at radius 1 is 1.38 bits per heavy atom. The number of rotatable bonds is 3. The molecule has 2 N–H and O–H groups in total. The summed E-state index contributed by atoms with van der Waals surface area (Å²) in [4.78, 5) is 13.1. The number of halogens is 2. The van der Waals surface area contributed by atoms with E-state index in [4.69, 9.17) is 16.7 Å². The number of carbonyl (C=O) groups excluding carboxylic acids is 1. The van der Waals surface area contributed by atoms with Crippen LogP contribution in [0.5, 0.6) is 0 Å². The third-order valence-electron chi connectivity index (χ3n) is 2.45. The zero-order valence-corrected chi connectivity index (χ0v) is 12.4. The molecule has 6 heteroatoms. The summed E-state index contributed by atoms with van der Waals surface area (Å²) in [5.74, 6) is 4.64. The van der Waals surface area contributed by atoms with Gasteiger partial charge in [-0.15, -0.1) is 11.3 Å².